The predicted octanol–water partition coefficient (Wildman–Crippen LogP) is 4.63. The summed E-state index contributed by atoms with van der Waals surface area (Å²) >= 11 is 4.42. The summed E-state index contributed by atoms with van der Waals surface area (Å²) in [5.41, 5.74) is 1.07. The van der Waals surface area contributed by atoms with Crippen LogP contribution in [0.4, 0.5) is 5.13 Å². The van der Waals surface area contributed by atoms with E-state index >= 15 is 0 Å². The number of nitrogens with one attached hydrogen (secondary N) is 1. The van der Waals surface area contributed by atoms with Crippen LogP contribution >= 0.6 is 34.4 Å². The zero-order valence-electron chi connectivity index (χ0n) is 15.5. The van der Waals surface area contributed by atoms with Gasteiger partial charge >= 0.3 is 0 Å². The van der Waals surface area contributed by atoms with E-state index in [2.05, 4.69) is 61.6 Å². The molecule has 0 unspecified atom stereocenters. The lowest BCUT2D eigenvalue weighted by atomic mass is 10.1. The van der Waals surface area contributed by atoms with Gasteiger partial charge in [0.2, 0.25) is 11.0 Å². The molecule has 0 aliphatic rings. The van der Waals surface area contributed by atoms with Crippen molar-refractivity contribution in [2.75, 3.05) is 11.1 Å². The van der Waals surface area contributed by atoms with Crippen LogP contribution < -0.4 is 5.32 Å². The summed E-state index contributed by atoms with van der Waals surface area (Å²) < 4.78 is 3.30. The second-order valence-corrected chi connectivity index (χ2v) is 9.41. The van der Waals surface area contributed by atoms with Crippen molar-refractivity contribution in [2.45, 2.75) is 32.0 Å². The van der Waals surface area contributed by atoms with Gasteiger partial charge in [0.05, 0.1) is 5.75 Å². The maximum atomic E-state index is 12.2. The number of carbonyl (C=O) groups is 1. The van der Waals surface area contributed by atoms with Crippen LogP contribution in [-0.4, -0.2) is 36.6 Å². The van der Waals surface area contributed by atoms with Crippen LogP contribution in [0.15, 0.2) is 34.8 Å². The maximum absolute atomic E-state index is 12.2. The summed E-state index contributed by atoms with van der Waals surface area (Å²) in [6.07, 6.45) is 0. The van der Waals surface area contributed by atoms with Crippen molar-refractivity contribution in [1.29, 1.82) is 0 Å². The molecule has 0 atom stereocenters. The molecular weight excluding hydrogens is 412 g/mol. The molecule has 4 rings (SSSR count). The van der Waals surface area contributed by atoms with Gasteiger partial charge in [0.15, 0.2) is 11.0 Å². The highest BCUT2D eigenvalue weighted by atomic mass is 32.2. The van der Waals surface area contributed by atoms with Gasteiger partial charge in [0.25, 0.3) is 0 Å². The Kier molecular flexibility index (Phi) is 5.42. The van der Waals surface area contributed by atoms with E-state index in [0.29, 0.717) is 5.13 Å². The molecule has 1 N–H and O–H groups in total. The van der Waals surface area contributed by atoms with Crippen molar-refractivity contribution in [1.82, 2.24) is 25.0 Å². The van der Waals surface area contributed by atoms with Crippen molar-refractivity contribution in [3.05, 3.63) is 34.7 Å². The first-order valence-corrected chi connectivity index (χ1v) is 11.4. The Balaban J connectivity index is 1.56. The molecule has 28 heavy (non-hydrogen) atoms. The lowest BCUT2D eigenvalue weighted by Gasteiger charge is -2.13. The second kappa shape index (κ2) is 7.98. The number of rotatable bonds is 6. The number of nitrogens with zero attached hydrogens (tertiary/aromatic N) is 5. The molecule has 0 aliphatic heterocycles. The van der Waals surface area contributed by atoms with Crippen molar-refractivity contribution < 1.29 is 4.79 Å². The van der Waals surface area contributed by atoms with Gasteiger partial charge in [-0.1, -0.05) is 41.3 Å². The molecule has 7 nitrogen and oxygen atoms in total. The largest absolute Gasteiger partial charge is 0.300 e. The maximum Gasteiger partial charge on any atom is 0.236 e. The highest BCUT2D eigenvalue weighted by Gasteiger charge is 2.20. The van der Waals surface area contributed by atoms with Crippen LogP contribution in [0.25, 0.3) is 21.5 Å². The number of aryl methyl sites for hydroxylation is 1. The molecular formula is C18H18N6OS3. The van der Waals surface area contributed by atoms with E-state index in [1.54, 1.807) is 11.3 Å². The molecule has 0 spiro atoms. The van der Waals surface area contributed by atoms with E-state index in [1.165, 1.54) is 33.2 Å². The summed E-state index contributed by atoms with van der Waals surface area (Å²) in [6.45, 7) is 6.04. The van der Waals surface area contributed by atoms with E-state index in [-0.39, 0.29) is 17.7 Å². The van der Waals surface area contributed by atoms with Gasteiger partial charge < -0.3 is 0 Å². The molecule has 144 valence electrons. The standard InChI is InChI=1S/C18H18N6OS3/c1-10(2)24-16(13-8-26-14-7-5-4-6-12(13)14)21-23-18(24)27-9-15(25)19-17-22-20-11(3)28-17/h4-8,10H,9H2,1-3H3,(H,19,22,25). The van der Waals surface area contributed by atoms with Crippen molar-refractivity contribution in [3.63, 3.8) is 0 Å². The zero-order valence-corrected chi connectivity index (χ0v) is 18.0. The lowest BCUT2D eigenvalue weighted by Crippen LogP contribution is -2.15. The number of benzene rings is 1. The van der Waals surface area contributed by atoms with Gasteiger partial charge in [-0.15, -0.1) is 31.7 Å². The fraction of sp³-hybridized carbons (Fsp3) is 0.278. The molecule has 3 heterocycles. The van der Waals surface area contributed by atoms with Crippen molar-refractivity contribution in [3.8, 4) is 11.4 Å². The summed E-state index contributed by atoms with van der Waals surface area (Å²) in [6, 6.07) is 8.44. The van der Waals surface area contributed by atoms with Gasteiger partial charge in [0.1, 0.15) is 5.01 Å². The minimum Gasteiger partial charge on any atom is -0.300 e. The van der Waals surface area contributed by atoms with E-state index in [9.17, 15) is 4.79 Å². The Morgan fingerprint density at radius 1 is 1.21 bits per heavy atom. The molecule has 0 fully saturated rings. The third kappa shape index (κ3) is 3.80. The number of aromatic nitrogens is 5. The first kappa shape index (κ1) is 19.0. The van der Waals surface area contributed by atoms with Gasteiger partial charge in [-0.3, -0.25) is 14.7 Å². The molecule has 1 aromatic carbocycles. The van der Waals surface area contributed by atoms with Crippen LogP contribution in [0.2, 0.25) is 0 Å². The SMILES string of the molecule is Cc1nnc(NC(=O)CSc2nnc(-c3csc4ccccc34)n2C(C)C)s1. The smallest absolute Gasteiger partial charge is 0.236 e. The first-order valence-electron chi connectivity index (χ1n) is 8.67. The summed E-state index contributed by atoms with van der Waals surface area (Å²) in [4.78, 5) is 12.2. The van der Waals surface area contributed by atoms with Gasteiger partial charge in [-0.05, 0) is 26.8 Å². The Morgan fingerprint density at radius 2 is 2.04 bits per heavy atom. The van der Waals surface area contributed by atoms with Crippen LogP contribution in [0.3, 0.4) is 0 Å². The molecule has 4 aromatic rings. The lowest BCUT2D eigenvalue weighted by molar-refractivity contribution is -0.113. The Hall–Kier alpha value is -2.30. The predicted molar refractivity (Wildman–Crippen MR) is 115 cm³/mol. The minimum absolute atomic E-state index is 0.137. The van der Waals surface area contributed by atoms with Crippen LogP contribution in [0.1, 0.15) is 24.9 Å². The highest BCUT2D eigenvalue weighted by Crippen LogP contribution is 2.35. The van der Waals surface area contributed by atoms with Crippen molar-refractivity contribution >= 4 is 55.6 Å². The number of carbonyl (C=O) groups excluding carboxylic acids is 1. The first-order chi connectivity index (χ1) is 13.5. The number of fused-ring (bicyclic) bond motifs is 1. The molecule has 0 bridgehead atoms. The molecule has 0 aliphatic carbocycles. The number of amides is 1. The van der Waals surface area contributed by atoms with Gasteiger partial charge in [-0.2, -0.15) is 0 Å². The van der Waals surface area contributed by atoms with Gasteiger partial charge in [0, 0.05) is 27.1 Å². The number of thioether (sulfide) groups is 1. The summed E-state index contributed by atoms with van der Waals surface area (Å²) in [7, 11) is 0. The van der Waals surface area contributed by atoms with Crippen LogP contribution in [0.5, 0.6) is 0 Å². The number of hydrogen-bond acceptors (Lipinski definition) is 8. The van der Waals surface area contributed by atoms with E-state index in [1.807, 2.05) is 19.1 Å². The number of thiophene rings is 1. The third-order valence-electron chi connectivity index (χ3n) is 4.01. The van der Waals surface area contributed by atoms with Gasteiger partial charge in [-0.25, -0.2) is 0 Å². The van der Waals surface area contributed by atoms with Crippen molar-refractivity contribution in [2.24, 2.45) is 0 Å². The number of anilines is 1. The third-order valence-corrected chi connectivity index (χ3v) is 6.67. The molecule has 0 radical (unpaired) electrons. The van der Waals surface area contributed by atoms with Crippen LogP contribution in [0, 0.1) is 6.92 Å². The van der Waals surface area contributed by atoms with E-state index in [0.717, 1.165) is 21.6 Å². The molecule has 1 amide bonds. The normalized spacial score (nSPS) is 11.4. The monoisotopic (exact) mass is 430 g/mol. The Morgan fingerprint density at radius 3 is 2.79 bits per heavy atom. The molecule has 0 saturated heterocycles. The quantitative estimate of drug-likeness (QED) is 0.449. The summed E-state index contributed by atoms with van der Waals surface area (Å²) in [5, 5.41) is 24.7. The topological polar surface area (TPSA) is 85.6 Å². The highest BCUT2D eigenvalue weighted by molar-refractivity contribution is 7.99. The Bertz CT molecular complexity index is 1130. The molecule has 0 saturated carbocycles. The van der Waals surface area contributed by atoms with E-state index in [4.69, 9.17) is 0 Å². The molecule has 3 aromatic heterocycles. The molecule has 10 heteroatoms. The Labute approximate surface area is 174 Å². The second-order valence-electron chi connectivity index (χ2n) is 6.38. The average molecular weight is 431 g/mol. The minimum atomic E-state index is -0.137. The zero-order chi connectivity index (χ0) is 19.7. The summed E-state index contributed by atoms with van der Waals surface area (Å²) in [5.74, 6) is 0.922. The fourth-order valence-corrected chi connectivity index (χ4v) is 5.22. The fourth-order valence-electron chi connectivity index (χ4n) is 2.81. The average Bonchev–Trinajstić information content (AvgIpc) is 3.37. The van der Waals surface area contributed by atoms with E-state index < -0.39 is 0 Å². The number of hydrogen-bond donors (Lipinski definition) is 1. The van der Waals surface area contributed by atoms with Crippen LogP contribution in [-0.2, 0) is 4.79 Å².